The molecule has 0 atom stereocenters. The average molecular weight is 305 g/mol. The Labute approximate surface area is 135 Å². The summed E-state index contributed by atoms with van der Waals surface area (Å²) in [6.07, 6.45) is 3.92. The Kier molecular flexibility index (Phi) is 4.99. The van der Waals surface area contributed by atoms with Crippen LogP contribution in [-0.2, 0) is 22.6 Å². The molecule has 0 aliphatic carbocycles. The van der Waals surface area contributed by atoms with E-state index in [4.69, 9.17) is 4.74 Å². The third-order valence-electron chi connectivity index (χ3n) is 3.74. The molecule has 0 amide bonds. The molecule has 0 N–H and O–H groups in total. The Balaban J connectivity index is 1.45. The maximum Gasteiger partial charge on any atom is 0.306 e. The van der Waals surface area contributed by atoms with Gasteiger partial charge in [0, 0.05) is 18.0 Å². The number of rotatable bonds is 6. The molecular weight excluding hydrogens is 286 g/mol. The van der Waals surface area contributed by atoms with Crippen molar-refractivity contribution in [2.75, 3.05) is 0 Å². The zero-order chi connectivity index (χ0) is 15.9. The zero-order valence-electron chi connectivity index (χ0n) is 12.9. The number of para-hydroxylation sites is 1. The van der Waals surface area contributed by atoms with Gasteiger partial charge in [-0.05, 0) is 36.1 Å². The van der Waals surface area contributed by atoms with E-state index >= 15 is 0 Å². The molecule has 0 aliphatic heterocycles. The summed E-state index contributed by atoms with van der Waals surface area (Å²) in [4.78, 5) is 16.2. The van der Waals surface area contributed by atoms with Crippen molar-refractivity contribution < 1.29 is 9.53 Å². The van der Waals surface area contributed by atoms with Crippen LogP contribution in [-0.4, -0.2) is 11.0 Å². The van der Waals surface area contributed by atoms with Gasteiger partial charge in [0.1, 0.15) is 6.61 Å². The lowest BCUT2D eigenvalue weighted by atomic mass is 10.1. The molecule has 2 aromatic carbocycles. The SMILES string of the molecule is O=C(CCCc1cnc2ccccc2c1)OCc1ccccc1. The van der Waals surface area contributed by atoms with Crippen LogP contribution >= 0.6 is 0 Å². The van der Waals surface area contributed by atoms with Crippen LogP contribution in [0.4, 0.5) is 0 Å². The van der Waals surface area contributed by atoms with E-state index in [1.165, 1.54) is 0 Å². The zero-order valence-corrected chi connectivity index (χ0v) is 12.9. The van der Waals surface area contributed by atoms with Gasteiger partial charge in [0.25, 0.3) is 0 Å². The Morgan fingerprint density at radius 3 is 2.61 bits per heavy atom. The first-order chi connectivity index (χ1) is 11.3. The molecule has 116 valence electrons. The predicted molar refractivity (Wildman–Crippen MR) is 90.9 cm³/mol. The van der Waals surface area contributed by atoms with Crippen LogP contribution in [0, 0.1) is 0 Å². The summed E-state index contributed by atoms with van der Waals surface area (Å²) >= 11 is 0. The summed E-state index contributed by atoms with van der Waals surface area (Å²) in [6, 6.07) is 19.9. The molecule has 3 heteroatoms. The highest BCUT2D eigenvalue weighted by molar-refractivity contribution is 5.78. The minimum absolute atomic E-state index is 0.150. The fourth-order valence-corrected chi connectivity index (χ4v) is 2.50. The highest BCUT2D eigenvalue weighted by Crippen LogP contribution is 2.14. The summed E-state index contributed by atoms with van der Waals surface area (Å²) in [6.45, 7) is 0.344. The van der Waals surface area contributed by atoms with Crippen molar-refractivity contribution in [3.05, 3.63) is 78.0 Å². The third-order valence-corrected chi connectivity index (χ3v) is 3.74. The smallest absolute Gasteiger partial charge is 0.306 e. The number of fused-ring (bicyclic) bond motifs is 1. The van der Waals surface area contributed by atoms with E-state index in [1.54, 1.807) is 0 Å². The summed E-state index contributed by atoms with van der Waals surface area (Å²) in [5.41, 5.74) is 3.16. The molecule has 0 fully saturated rings. The van der Waals surface area contributed by atoms with Gasteiger partial charge in [0.15, 0.2) is 0 Å². The number of hydrogen-bond acceptors (Lipinski definition) is 3. The molecule has 0 saturated carbocycles. The van der Waals surface area contributed by atoms with Gasteiger partial charge in [0.05, 0.1) is 5.52 Å². The molecule has 0 radical (unpaired) electrons. The van der Waals surface area contributed by atoms with Gasteiger partial charge in [0.2, 0.25) is 0 Å². The van der Waals surface area contributed by atoms with Gasteiger partial charge in [-0.1, -0.05) is 48.5 Å². The number of aryl methyl sites for hydroxylation is 1. The number of ether oxygens (including phenoxy) is 1. The quantitative estimate of drug-likeness (QED) is 0.637. The van der Waals surface area contributed by atoms with Crippen molar-refractivity contribution in [2.45, 2.75) is 25.9 Å². The maximum atomic E-state index is 11.8. The van der Waals surface area contributed by atoms with E-state index in [0.29, 0.717) is 13.0 Å². The summed E-state index contributed by atoms with van der Waals surface area (Å²) in [5, 5.41) is 1.14. The van der Waals surface area contributed by atoms with Crippen LogP contribution in [0.5, 0.6) is 0 Å². The first-order valence-electron chi connectivity index (χ1n) is 7.84. The number of aromatic nitrogens is 1. The molecule has 1 heterocycles. The fourth-order valence-electron chi connectivity index (χ4n) is 2.50. The van der Waals surface area contributed by atoms with Crippen molar-refractivity contribution in [3.8, 4) is 0 Å². The van der Waals surface area contributed by atoms with Gasteiger partial charge in [-0.25, -0.2) is 0 Å². The van der Waals surface area contributed by atoms with Crippen LogP contribution < -0.4 is 0 Å². The van der Waals surface area contributed by atoms with Crippen molar-refractivity contribution in [3.63, 3.8) is 0 Å². The Morgan fingerprint density at radius 1 is 0.957 bits per heavy atom. The van der Waals surface area contributed by atoms with E-state index in [0.717, 1.165) is 34.9 Å². The minimum Gasteiger partial charge on any atom is -0.461 e. The number of carbonyl (C=O) groups excluding carboxylic acids is 1. The molecule has 0 aliphatic rings. The molecular formula is C20H19NO2. The molecule has 3 nitrogen and oxygen atoms in total. The molecule has 0 unspecified atom stereocenters. The molecule has 1 aromatic heterocycles. The molecule has 3 rings (SSSR count). The Bertz CT molecular complexity index is 784. The lowest BCUT2D eigenvalue weighted by molar-refractivity contribution is -0.145. The van der Waals surface area contributed by atoms with Gasteiger partial charge in [-0.15, -0.1) is 0 Å². The second-order valence-corrected chi connectivity index (χ2v) is 5.54. The lowest BCUT2D eigenvalue weighted by Gasteiger charge is -2.05. The van der Waals surface area contributed by atoms with Gasteiger partial charge in [-0.2, -0.15) is 0 Å². The lowest BCUT2D eigenvalue weighted by Crippen LogP contribution is -2.05. The van der Waals surface area contributed by atoms with Crippen LogP contribution in [0.15, 0.2) is 66.9 Å². The minimum atomic E-state index is -0.150. The highest BCUT2D eigenvalue weighted by atomic mass is 16.5. The molecule has 0 spiro atoms. The Hall–Kier alpha value is -2.68. The second-order valence-electron chi connectivity index (χ2n) is 5.54. The monoisotopic (exact) mass is 305 g/mol. The van der Waals surface area contributed by atoms with Gasteiger partial charge < -0.3 is 4.74 Å². The first kappa shape index (κ1) is 15.2. The van der Waals surface area contributed by atoms with E-state index in [9.17, 15) is 4.79 Å². The molecule has 0 bridgehead atoms. The van der Waals surface area contributed by atoms with Gasteiger partial charge in [-0.3, -0.25) is 9.78 Å². The number of hydrogen-bond donors (Lipinski definition) is 0. The van der Waals surface area contributed by atoms with E-state index < -0.39 is 0 Å². The van der Waals surface area contributed by atoms with E-state index in [2.05, 4.69) is 17.1 Å². The number of pyridine rings is 1. The first-order valence-corrected chi connectivity index (χ1v) is 7.84. The fraction of sp³-hybridized carbons (Fsp3) is 0.200. The van der Waals surface area contributed by atoms with Crippen LogP contribution in [0.1, 0.15) is 24.0 Å². The topological polar surface area (TPSA) is 39.2 Å². The number of esters is 1. The second kappa shape index (κ2) is 7.54. The molecule has 0 saturated heterocycles. The standard InChI is InChI=1S/C20H19NO2/c22-20(23-15-16-7-2-1-3-8-16)12-6-9-17-13-18-10-4-5-11-19(18)21-14-17/h1-5,7-8,10-11,13-14H,6,9,12,15H2. The highest BCUT2D eigenvalue weighted by Gasteiger charge is 2.04. The number of carbonyl (C=O) groups is 1. The molecule has 23 heavy (non-hydrogen) atoms. The van der Waals surface area contributed by atoms with Crippen LogP contribution in [0.2, 0.25) is 0 Å². The van der Waals surface area contributed by atoms with Crippen LogP contribution in [0.3, 0.4) is 0 Å². The molecule has 3 aromatic rings. The normalized spacial score (nSPS) is 10.6. The predicted octanol–water partition coefficient (Wildman–Crippen LogP) is 4.30. The maximum absolute atomic E-state index is 11.8. The average Bonchev–Trinajstić information content (AvgIpc) is 2.61. The van der Waals surface area contributed by atoms with Crippen molar-refractivity contribution in [1.82, 2.24) is 4.98 Å². The number of nitrogens with zero attached hydrogens (tertiary/aromatic N) is 1. The van der Waals surface area contributed by atoms with E-state index in [1.807, 2.05) is 54.7 Å². The van der Waals surface area contributed by atoms with Crippen molar-refractivity contribution in [1.29, 1.82) is 0 Å². The van der Waals surface area contributed by atoms with Crippen LogP contribution in [0.25, 0.3) is 10.9 Å². The summed E-state index contributed by atoms with van der Waals surface area (Å²) in [7, 11) is 0. The third kappa shape index (κ3) is 4.39. The van der Waals surface area contributed by atoms with Gasteiger partial charge >= 0.3 is 5.97 Å². The summed E-state index contributed by atoms with van der Waals surface area (Å²) < 4.78 is 5.28. The summed E-state index contributed by atoms with van der Waals surface area (Å²) in [5.74, 6) is -0.150. The Morgan fingerprint density at radius 2 is 1.74 bits per heavy atom. The number of benzene rings is 2. The largest absolute Gasteiger partial charge is 0.461 e. The van der Waals surface area contributed by atoms with Crippen molar-refractivity contribution >= 4 is 16.9 Å². The van der Waals surface area contributed by atoms with E-state index in [-0.39, 0.29) is 5.97 Å². The van der Waals surface area contributed by atoms with Crippen molar-refractivity contribution in [2.24, 2.45) is 0 Å².